The van der Waals surface area contributed by atoms with E-state index in [4.69, 9.17) is 9.47 Å². The molecule has 3 rings (SSSR count). The average molecular weight is 380 g/mol. The van der Waals surface area contributed by atoms with Crippen molar-refractivity contribution in [2.75, 3.05) is 26.3 Å². The van der Waals surface area contributed by atoms with E-state index in [1.54, 1.807) is 23.1 Å². The smallest absolute Gasteiger partial charge is 0.260 e. The van der Waals surface area contributed by atoms with Gasteiger partial charge in [0.05, 0.1) is 13.2 Å². The maximum Gasteiger partial charge on any atom is 0.260 e. The highest BCUT2D eigenvalue weighted by Gasteiger charge is 2.26. The fourth-order valence-corrected chi connectivity index (χ4v) is 2.79. The van der Waals surface area contributed by atoms with Crippen molar-refractivity contribution in [1.29, 1.82) is 0 Å². The molecule has 6 heteroatoms. The zero-order chi connectivity index (χ0) is 16.2. The van der Waals surface area contributed by atoms with Gasteiger partial charge in [-0.1, -0.05) is 34.1 Å². The lowest BCUT2D eigenvalue weighted by atomic mass is 10.1. The van der Waals surface area contributed by atoms with Gasteiger partial charge in [-0.15, -0.1) is 0 Å². The number of para-hydroxylation sites is 1. The second-order valence-corrected chi connectivity index (χ2v) is 6.00. The SMILES string of the molecule is O=C(c1c(F)cc(Br)cc1Oc1ccccc1)N1CCOCC1. The summed E-state index contributed by atoms with van der Waals surface area (Å²) < 4.78 is 25.9. The maximum absolute atomic E-state index is 14.4. The first-order valence-corrected chi connectivity index (χ1v) is 8.03. The van der Waals surface area contributed by atoms with E-state index in [1.165, 1.54) is 6.07 Å². The summed E-state index contributed by atoms with van der Waals surface area (Å²) in [6.45, 7) is 1.80. The highest BCUT2D eigenvalue weighted by atomic mass is 79.9. The molecule has 0 unspecified atom stereocenters. The number of hydrogen-bond acceptors (Lipinski definition) is 3. The number of amides is 1. The number of benzene rings is 2. The van der Waals surface area contributed by atoms with Gasteiger partial charge in [0.1, 0.15) is 22.9 Å². The van der Waals surface area contributed by atoms with Crippen LogP contribution in [0.3, 0.4) is 0 Å². The quantitative estimate of drug-likeness (QED) is 0.812. The van der Waals surface area contributed by atoms with Crippen molar-refractivity contribution in [1.82, 2.24) is 4.90 Å². The molecule has 1 aliphatic heterocycles. The van der Waals surface area contributed by atoms with Crippen LogP contribution in [0.25, 0.3) is 0 Å². The van der Waals surface area contributed by atoms with E-state index in [0.717, 1.165) is 0 Å². The van der Waals surface area contributed by atoms with Gasteiger partial charge in [0.15, 0.2) is 0 Å². The van der Waals surface area contributed by atoms with E-state index in [0.29, 0.717) is 36.5 Å². The van der Waals surface area contributed by atoms with Crippen LogP contribution in [0.2, 0.25) is 0 Å². The number of nitrogens with zero attached hydrogens (tertiary/aromatic N) is 1. The molecule has 0 aromatic heterocycles. The maximum atomic E-state index is 14.4. The molecule has 0 bridgehead atoms. The van der Waals surface area contributed by atoms with Crippen molar-refractivity contribution in [3.63, 3.8) is 0 Å². The molecule has 4 nitrogen and oxygen atoms in total. The van der Waals surface area contributed by atoms with Gasteiger partial charge in [-0.25, -0.2) is 4.39 Å². The Bertz CT molecular complexity index is 702. The molecule has 1 fully saturated rings. The molecule has 1 saturated heterocycles. The molecule has 0 radical (unpaired) electrons. The molecule has 0 N–H and O–H groups in total. The molecular weight excluding hydrogens is 365 g/mol. The Labute approximate surface area is 141 Å². The number of carbonyl (C=O) groups excluding carboxylic acids is 1. The highest BCUT2D eigenvalue weighted by Crippen LogP contribution is 2.32. The monoisotopic (exact) mass is 379 g/mol. The lowest BCUT2D eigenvalue weighted by Crippen LogP contribution is -2.41. The van der Waals surface area contributed by atoms with E-state index in [9.17, 15) is 9.18 Å². The van der Waals surface area contributed by atoms with Crippen LogP contribution in [0.4, 0.5) is 4.39 Å². The summed E-state index contributed by atoms with van der Waals surface area (Å²) in [4.78, 5) is 14.3. The van der Waals surface area contributed by atoms with Gasteiger partial charge in [0.2, 0.25) is 0 Å². The summed E-state index contributed by atoms with van der Waals surface area (Å²) in [5.74, 6) is -0.258. The van der Waals surface area contributed by atoms with Gasteiger partial charge in [0.25, 0.3) is 5.91 Å². The Morgan fingerprint density at radius 2 is 1.87 bits per heavy atom. The Morgan fingerprint density at radius 3 is 2.57 bits per heavy atom. The molecule has 2 aromatic carbocycles. The molecule has 0 spiro atoms. The van der Waals surface area contributed by atoms with Gasteiger partial charge in [-0.05, 0) is 24.3 Å². The number of hydrogen-bond donors (Lipinski definition) is 0. The van der Waals surface area contributed by atoms with Gasteiger partial charge >= 0.3 is 0 Å². The van der Waals surface area contributed by atoms with E-state index in [2.05, 4.69) is 15.9 Å². The summed E-state index contributed by atoms with van der Waals surface area (Å²) in [5, 5.41) is 0. The van der Waals surface area contributed by atoms with Crippen LogP contribution in [0.1, 0.15) is 10.4 Å². The zero-order valence-corrected chi connectivity index (χ0v) is 13.9. The minimum atomic E-state index is -0.609. The van der Waals surface area contributed by atoms with Gasteiger partial charge in [0, 0.05) is 17.6 Å². The van der Waals surface area contributed by atoms with E-state index in [-0.39, 0.29) is 17.2 Å². The van der Waals surface area contributed by atoms with Crippen LogP contribution in [-0.2, 0) is 4.74 Å². The largest absolute Gasteiger partial charge is 0.456 e. The number of morpholine rings is 1. The first-order chi connectivity index (χ1) is 11.1. The molecule has 2 aromatic rings. The molecule has 1 aliphatic rings. The van der Waals surface area contributed by atoms with E-state index < -0.39 is 5.82 Å². The summed E-state index contributed by atoms with van der Waals surface area (Å²) in [6.07, 6.45) is 0. The zero-order valence-electron chi connectivity index (χ0n) is 12.3. The lowest BCUT2D eigenvalue weighted by molar-refractivity contribution is 0.0298. The van der Waals surface area contributed by atoms with Crippen molar-refractivity contribution >= 4 is 21.8 Å². The van der Waals surface area contributed by atoms with Crippen molar-refractivity contribution < 1.29 is 18.7 Å². The lowest BCUT2D eigenvalue weighted by Gasteiger charge is -2.27. The molecule has 23 heavy (non-hydrogen) atoms. The summed E-state index contributed by atoms with van der Waals surface area (Å²) in [5.41, 5.74) is -0.0565. The minimum Gasteiger partial charge on any atom is -0.456 e. The van der Waals surface area contributed by atoms with Crippen molar-refractivity contribution in [2.45, 2.75) is 0 Å². The number of rotatable bonds is 3. The standard InChI is InChI=1S/C17H15BrFNO3/c18-12-10-14(19)16(17(21)20-6-8-22-9-7-20)15(11-12)23-13-4-2-1-3-5-13/h1-5,10-11H,6-9H2. The van der Waals surface area contributed by atoms with Crippen molar-refractivity contribution in [3.05, 3.63) is 58.3 Å². The fraction of sp³-hybridized carbons (Fsp3) is 0.235. The van der Waals surface area contributed by atoms with E-state index in [1.807, 2.05) is 18.2 Å². The third-order valence-corrected chi connectivity index (χ3v) is 3.96. The Balaban J connectivity index is 1.96. The number of ether oxygens (including phenoxy) is 2. The Kier molecular flexibility index (Phi) is 4.93. The summed E-state index contributed by atoms with van der Waals surface area (Å²) in [6, 6.07) is 11.9. The summed E-state index contributed by atoms with van der Waals surface area (Å²) in [7, 11) is 0. The number of carbonyl (C=O) groups is 1. The van der Waals surface area contributed by atoms with Gasteiger partial charge in [-0.2, -0.15) is 0 Å². The minimum absolute atomic E-state index is 0.0565. The normalized spacial score (nSPS) is 14.6. The molecule has 120 valence electrons. The number of halogens is 2. The summed E-state index contributed by atoms with van der Waals surface area (Å²) >= 11 is 3.24. The average Bonchev–Trinajstić information content (AvgIpc) is 2.56. The third kappa shape index (κ3) is 3.71. The molecule has 1 heterocycles. The predicted molar refractivity (Wildman–Crippen MR) is 87.3 cm³/mol. The van der Waals surface area contributed by atoms with Gasteiger partial charge in [-0.3, -0.25) is 4.79 Å². The van der Waals surface area contributed by atoms with Crippen molar-refractivity contribution in [2.24, 2.45) is 0 Å². The van der Waals surface area contributed by atoms with Crippen molar-refractivity contribution in [3.8, 4) is 11.5 Å². The molecular formula is C17H15BrFNO3. The van der Waals surface area contributed by atoms with Gasteiger partial charge < -0.3 is 14.4 Å². The predicted octanol–water partition coefficient (Wildman–Crippen LogP) is 3.85. The molecule has 0 saturated carbocycles. The second kappa shape index (κ2) is 7.10. The highest BCUT2D eigenvalue weighted by molar-refractivity contribution is 9.10. The van der Waals surface area contributed by atoms with E-state index >= 15 is 0 Å². The second-order valence-electron chi connectivity index (χ2n) is 5.08. The Hall–Kier alpha value is -1.92. The molecule has 1 amide bonds. The van der Waals surface area contributed by atoms with Crippen LogP contribution >= 0.6 is 15.9 Å². The molecule has 0 aliphatic carbocycles. The van der Waals surface area contributed by atoms with Crippen LogP contribution in [0, 0.1) is 5.82 Å². The van der Waals surface area contributed by atoms with Crippen LogP contribution in [0.15, 0.2) is 46.9 Å². The Morgan fingerprint density at radius 1 is 1.17 bits per heavy atom. The molecule has 0 atom stereocenters. The topological polar surface area (TPSA) is 38.8 Å². The third-order valence-electron chi connectivity index (χ3n) is 3.50. The van der Waals surface area contributed by atoms with Crippen LogP contribution < -0.4 is 4.74 Å². The van der Waals surface area contributed by atoms with Crippen LogP contribution in [0.5, 0.6) is 11.5 Å². The first kappa shape index (κ1) is 16.0. The van der Waals surface area contributed by atoms with Crippen LogP contribution in [-0.4, -0.2) is 37.1 Å². The fourth-order valence-electron chi connectivity index (χ4n) is 2.38. The first-order valence-electron chi connectivity index (χ1n) is 7.24.